The molecule has 28 heavy (non-hydrogen) atoms. The lowest BCUT2D eigenvalue weighted by Crippen LogP contribution is -2.15. The predicted molar refractivity (Wildman–Crippen MR) is 108 cm³/mol. The topological polar surface area (TPSA) is 64.7 Å². The van der Waals surface area contributed by atoms with Gasteiger partial charge in [-0.25, -0.2) is 4.68 Å². The Morgan fingerprint density at radius 1 is 0.964 bits per heavy atom. The average Bonchev–Trinajstić information content (AvgIpc) is 3.30. The van der Waals surface area contributed by atoms with E-state index in [4.69, 9.17) is 0 Å². The highest BCUT2D eigenvalue weighted by atomic mass is 16.1. The van der Waals surface area contributed by atoms with Crippen LogP contribution in [0.1, 0.15) is 27.2 Å². The summed E-state index contributed by atoms with van der Waals surface area (Å²) in [5.41, 5.74) is 3.62. The van der Waals surface area contributed by atoms with E-state index < -0.39 is 0 Å². The van der Waals surface area contributed by atoms with Crippen LogP contribution in [0.2, 0.25) is 0 Å². The molecule has 4 rings (SSSR count). The number of aromatic nitrogens is 4. The smallest absolute Gasteiger partial charge is 0.259 e. The fourth-order valence-electron chi connectivity index (χ4n) is 3.05. The monoisotopic (exact) mass is 371 g/mol. The van der Waals surface area contributed by atoms with Crippen LogP contribution in [-0.4, -0.2) is 25.5 Å². The molecular formula is C22H21N5O. The highest BCUT2D eigenvalue weighted by molar-refractivity contribution is 6.03. The minimum atomic E-state index is -0.200. The Bertz CT molecular complexity index is 1070. The number of nitrogens with one attached hydrogen (secondary N) is 1. The van der Waals surface area contributed by atoms with Gasteiger partial charge in [0.2, 0.25) is 0 Å². The van der Waals surface area contributed by atoms with E-state index >= 15 is 0 Å². The average molecular weight is 371 g/mol. The molecule has 0 saturated carbocycles. The van der Waals surface area contributed by atoms with Crippen molar-refractivity contribution in [1.82, 2.24) is 19.6 Å². The van der Waals surface area contributed by atoms with E-state index in [0.717, 1.165) is 16.8 Å². The zero-order chi connectivity index (χ0) is 19.3. The molecule has 2 heterocycles. The molecule has 6 nitrogen and oxygen atoms in total. The van der Waals surface area contributed by atoms with Gasteiger partial charge in [0.15, 0.2) is 0 Å². The minimum Gasteiger partial charge on any atom is -0.307 e. The van der Waals surface area contributed by atoms with Crippen LogP contribution < -0.4 is 5.32 Å². The fourth-order valence-corrected chi connectivity index (χ4v) is 3.05. The van der Waals surface area contributed by atoms with Gasteiger partial charge >= 0.3 is 0 Å². The van der Waals surface area contributed by atoms with Crippen molar-refractivity contribution in [2.45, 2.75) is 20.0 Å². The van der Waals surface area contributed by atoms with Gasteiger partial charge in [-0.3, -0.25) is 9.48 Å². The summed E-state index contributed by atoms with van der Waals surface area (Å²) in [4.78, 5) is 12.7. The summed E-state index contributed by atoms with van der Waals surface area (Å²) >= 11 is 0. The van der Waals surface area contributed by atoms with E-state index in [1.807, 2.05) is 73.7 Å². The molecule has 140 valence electrons. The molecule has 0 atom stereocenters. The Labute approximate surface area is 163 Å². The lowest BCUT2D eigenvalue weighted by Gasteiger charge is -2.08. The molecule has 0 unspecified atom stereocenters. The Hall–Kier alpha value is -3.67. The van der Waals surface area contributed by atoms with Crippen molar-refractivity contribution in [2.75, 3.05) is 5.32 Å². The molecule has 1 N–H and O–H groups in total. The van der Waals surface area contributed by atoms with Crippen molar-refractivity contribution >= 4 is 11.7 Å². The third kappa shape index (κ3) is 4.17. The standard InChI is InChI=1S/C22H21N5O/c1-17-12-21(27(25-17)15-19-10-6-3-7-11-19)24-22(28)20-13-23-26(16-20)14-18-8-4-2-5-9-18/h2-13,16H,14-15H2,1H3,(H,24,28). The number of rotatable bonds is 6. The van der Waals surface area contributed by atoms with E-state index in [0.29, 0.717) is 24.5 Å². The minimum absolute atomic E-state index is 0.200. The number of hydrogen-bond donors (Lipinski definition) is 1. The Morgan fingerprint density at radius 3 is 2.29 bits per heavy atom. The summed E-state index contributed by atoms with van der Waals surface area (Å²) in [6, 6.07) is 21.9. The number of anilines is 1. The lowest BCUT2D eigenvalue weighted by molar-refractivity contribution is 0.102. The van der Waals surface area contributed by atoms with Crippen LogP contribution in [0.4, 0.5) is 5.82 Å². The second-order valence-corrected chi connectivity index (χ2v) is 6.68. The van der Waals surface area contributed by atoms with Crippen molar-refractivity contribution in [3.8, 4) is 0 Å². The first-order chi connectivity index (χ1) is 13.7. The molecule has 0 aliphatic carbocycles. The molecule has 0 spiro atoms. The maximum Gasteiger partial charge on any atom is 0.259 e. The van der Waals surface area contributed by atoms with Gasteiger partial charge in [-0.2, -0.15) is 10.2 Å². The molecule has 0 fully saturated rings. The zero-order valence-corrected chi connectivity index (χ0v) is 15.6. The summed E-state index contributed by atoms with van der Waals surface area (Å²) in [7, 11) is 0. The Morgan fingerprint density at radius 2 is 1.61 bits per heavy atom. The van der Waals surface area contributed by atoms with Gasteiger partial charge in [-0.05, 0) is 18.1 Å². The van der Waals surface area contributed by atoms with E-state index in [1.54, 1.807) is 21.8 Å². The van der Waals surface area contributed by atoms with Gasteiger partial charge < -0.3 is 5.32 Å². The van der Waals surface area contributed by atoms with Crippen molar-refractivity contribution in [3.63, 3.8) is 0 Å². The number of benzene rings is 2. The van der Waals surface area contributed by atoms with E-state index in [2.05, 4.69) is 15.5 Å². The van der Waals surface area contributed by atoms with Gasteiger partial charge in [-0.1, -0.05) is 60.7 Å². The molecule has 6 heteroatoms. The van der Waals surface area contributed by atoms with Gasteiger partial charge in [0.05, 0.1) is 30.5 Å². The molecular weight excluding hydrogens is 350 g/mol. The summed E-state index contributed by atoms with van der Waals surface area (Å²) < 4.78 is 3.56. The third-order valence-electron chi connectivity index (χ3n) is 4.40. The molecule has 1 amide bonds. The van der Waals surface area contributed by atoms with E-state index in [9.17, 15) is 4.79 Å². The highest BCUT2D eigenvalue weighted by Crippen LogP contribution is 2.14. The summed E-state index contributed by atoms with van der Waals surface area (Å²) in [5.74, 6) is 0.468. The normalized spacial score (nSPS) is 10.8. The Balaban J connectivity index is 1.47. The number of carbonyl (C=O) groups excluding carboxylic acids is 1. The van der Waals surface area contributed by atoms with Crippen LogP contribution in [0.3, 0.4) is 0 Å². The number of amides is 1. The van der Waals surface area contributed by atoms with Gasteiger partial charge in [-0.15, -0.1) is 0 Å². The van der Waals surface area contributed by atoms with Crippen LogP contribution in [0, 0.1) is 6.92 Å². The second-order valence-electron chi connectivity index (χ2n) is 6.68. The number of hydrogen-bond acceptors (Lipinski definition) is 3. The lowest BCUT2D eigenvalue weighted by atomic mass is 10.2. The highest BCUT2D eigenvalue weighted by Gasteiger charge is 2.13. The van der Waals surface area contributed by atoms with Crippen molar-refractivity contribution < 1.29 is 4.79 Å². The predicted octanol–water partition coefficient (Wildman–Crippen LogP) is 3.74. The summed E-state index contributed by atoms with van der Waals surface area (Å²) in [6.07, 6.45) is 3.34. The van der Waals surface area contributed by atoms with Gasteiger partial charge in [0.1, 0.15) is 5.82 Å². The molecule has 2 aromatic carbocycles. The fraction of sp³-hybridized carbons (Fsp3) is 0.136. The molecule has 0 aliphatic heterocycles. The number of aryl methyl sites for hydroxylation is 1. The molecule has 0 aliphatic rings. The maximum atomic E-state index is 12.7. The number of nitrogens with zero attached hydrogens (tertiary/aromatic N) is 4. The second kappa shape index (κ2) is 7.92. The van der Waals surface area contributed by atoms with Gasteiger partial charge in [0, 0.05) is 12.3 Å². The van der Waals surface area contributed by atoms with Gasteiger partial charge in [0.25, 0.3) is 5.91 Å². The van der Waals surface area contributed by atoms with E-state index in [-0.39, 0.29) is 5.91 Å². The van der Waals surface area contributed by atoms with Crippen LogP contribution in [0.5, 0.6) is 0 Å². The molecule has 0 bridgehead atoms. The third-order valence-corrected chi connectivity index (χ3v) is 4.40. The van der Waals surface area contributed by atoms with Crippen molar-refractivity contribution in [2.24, 2.45) is 0 Å². The quantitative estimate of drug-likeness (QED) is 0.562. The Kier molecular flexibility index (Phi) is 5.01. The summed E-state index contributed by atoms with van der Waals surface area (Å²) in [6.45, 7) is 3.13. The van der Waals surface area contributed by atoms with E-state index in [1.165, 1.54) is 0 Å². The first kappa shape index (κ1) is 17.7. The first-order valence-corrected chi connectivity index (χ1v) is 9.13. The van der Waals surface area contributed by atoms with Crippen LogP contribution in [0.25, 0.3) is 0 Å². The van der Waals surface area contributed by atoms with Crippen LogP contribution >= 0.6 is 0 Å². The number of carbonyl (C=O) groups is 1. The van der Waals surface area contributed by atoms with Crippen LogP contribution in [0.15, 0.2) is 79.1 Å². The zero-order valence-electron chi connectivity index (χ0n) is 15.6. The largest absolute Gasteiger partial charge is 0.307 e. The summed E-state index contributed by atoms with van der Waals surface area (Å²) in [5, 5.41) is 11.8. The molecule has 0 saturated heterocycles. The molecule has 0 radical (unpaired) electrons. The first-order valence-electron chi connectivity index (χ1n) is 9.13. The van der Waals surface area contributed by atoms with Crippen LogP contribution in [-0.2, 0) is 13.1 Å². The maximum absolute atomic E-state index is 12.7. The van der Waals surface area contributed by atoms with Crippen molar-refractivity contribution in [3.05, 3.63) is 102 Å². The van der Waals surface area contributed by atoms with Crippen molar-refractivity contribution in [1.29, 1.82) is 0 Å². The molecule has 2 aromatic heterocycles. The molecule has 4 aromatic rings. The SMILES string of the molecule is Cc1cc(NC(=O)c2cnn(Cc3ccccc3)c2)n(Cc2ccccc2)n1.